The van der Waals surface area contributed by atoms with E-state index in [1.54, 1.807) is 13.1 Å². The molecular weight excluding hydrogens is 290 g/mol. The monoisotopic (exact) mass is 313 g/mol. The minimum atomic E-state index is -0.150. The van der Waals surface area contributed by atoms with Crippen LogP contribution in [-0.2, 0) is 4.79 Å². The molecule has 1 aromatic carbocycles. The van der Waals surface area contributed by atoms with Gasteiger partial charge in [0.15, 0.2) is 0 Å². The Labute approximate surface area is 135 Å². The topological polar surface area (TPSA) is 74.0 Å². The van der Waals surface area contributed by atoms with Gasteiger partial charge in [-0.05, 0) is 55.9 Å². The number of carbonyl (C=O) groups is 2. The van der Waals surface area contributed by atoms with Gasteiger partial charge in [-0.3, -0.25) is 9.59 Å². The van der Waals surface area contributed by atoms with E-state index in [4.69, 9.17) is 0 Å². The number of fused-ring (bicyclic) bond motifs is 1. The van der Waals surface area contributed by atoms with E-state index >= 15 is 0 Å². The second-order valence-electron chi connectivity index (χ2n) is 6.51. The van der Waals surface area contributed by atoms with Gasteiger partial charge in [0.05, 0.1) is 0 Å². The molecule has 1 fully saturated rings. The van der Waals surface area contributed by atoms with Crippen molar-refractivity contribution in [3.05, 3.63) is 30.0 Å². The number of rotatable bonds is 3. The van der Waals surface area contributed by atoms with Gasteiger partial charge in [-0.15, -0.1) is 0 Å². The quantitative estimate of drug-likeness (QED) is 0.813. The highest BCUT2D eigenvalue weighted by Crippen LogP contribution is 2.29. The fraction of sp³-hybridized carbons (Fsp3) is 0.444. The number of anilines is 1. The standard InChI is InChI=1S/C18H23N3O2/c1-11-3-5-12(6-4-11)17(22)20-14-7-8-15-13(9-14)10-16(21-15)18(23)19-2/h7-12,21H,3-6H2,1-2H3,(H,19,23)(H,20,22). The lowest BCUT2D eigenvalue weighted by Gasteiger charge is -2.25. The number of H-pyrrole nitrogens is 1. The molecule has 5 nitrogen and oxygen atoms in total. The largest absolute Gasteiger partial charge is 0.354 e. The maximum absolute atomic E-state index is 12.4. The average Bonchev–Trinajstić information content (AvgIpc) is 2.98. The Morgan fingerprint density at radius 2 is 1.87 bits per heavy atom. The molecule has 1 saturated carbocycles. The minimum Gasteiger partial charge on any atom is -0.354 e. The molecule has 0 spiro atoms. The highest BCUT2D eigenvalue weighted by atomic mass is 16.2. The van der Waals surface area contributed by atoms with Gasteiger partial charge in [-0.25, -0.2) is 0 Å². The predicted molar refractivity (Wildman–Crippen MR) is 91.4 cm³/mol. The zero-order chi connectivity index (χ0) is 16.4. The van der Waals surface area contributed by atoms with Crippen molar-refractivity contribution >= 4 is 28.4 Å². The first-order valence-electron chi connectivity index (χ1n) is 8.22. The van der Waals surface area contributed by atoms with Crippen LogP contribution in [0.3, 0.4) is 0 Å². The molecule has 0 atom stereocenters. The zero-order valence-electron chi connectivity index (χ0n) is 13.6. The molecular formula is C18H23N3O2. The number of hydrogen-bond acceptors (Lipinski definition) is 2. The third kappa shape index (κ3) is 3.38. The van der Waals surface area contributed by atoms with E-state index in [-0.39, 0.29) is 17.7 Å². The molecule has 1 aliphatic carbocycles. The highest BCUT2D eigenvalue weighted by molar-refractivity contribution is 6.00. The summed E-state index contributed by atoms with van der Waals surface area (Å²) in [5.74, 6) is 0.814. The molecule has 2 amide bonds. The Kier molecular flexibility index (Phi) is 4.37. The number of nitrogens with one attached hydrogen (secondary N) is 3. The third-order valence-corrected chi connectivity index (χ3v) is 4.75. The Bertz CT molecular complexity index is 727. The molecule has 3 rings (SSSR count). The average molecular weight is 313 g/mol. The van der Waals surface area contributed by atoms with E-state index in [1.165, 1.54) is 0 Å². The smallest absolute Gasteiger partial charge is 0.267 e. The summed E-state index contributed by atoms with van der Waals surface area (Å²) in [7, 11) is 1.60. The van der Waals surface area contributed by atoms with E-state index in [0.29, 0.717) is 5.69 Å². The lowest BCUT2D eigenvalue weighted by molar-refractivity contribution is -0.121. The first-order valence-corrected chi connectivity index (χ1v) is 8.22. The van der Waals surface area contributed by atoms with Crippen molar-refractivity contribution in [2.45, 2.75) is 32.6 Å². The van der Waals surface area contributed by atoms with E-state index in [9.17, 15) is 9.59 Å². The fourth-order valence-electron chi connectivity index (χ4n) is 3.23. The summed E-state index contributed by atoms with van der Waals surface area (Å²) in [6, 6.07) is 7.46. The van der Waals surface area contributed by atoms with Crippen molar-refractivity contribution in [1.29, 1.82) is 0 Å². The lowest BCUT2D eigenvalue weighted by Crippen LogP contribution is -2.26. The number of hydrogen-bond donors (Lipinski definition) is 3. The van der Waals surface area contributed by atoms with Crippen LogP contribution in [0.25, 0.3) is 10.9 Å². The Hall–Kier alpha value is -2.30. The minimum absolute atomic E-state index is 0.110. The number of carbonyl (C=O) groups excluding carboxylic acids is 2. The Morgan fingerprint density at radius 1 is 1.13 bits per heavy atom. The lowest BCUT2D eigenvalue weighted by atomic mass is 9.82. The molecule has 122 valence electrons. The molecule has 0 aliphatic heterocycles. The molecule has 0 bridgehead atoms. The van der Waals surface area contributed by atoms with Crippen LogP contribution in [0.1, 0.15) is 43.1 Å². The summed E-state index contributed by atoms with van der Waals surface area (Å²) < 4.78 is 0. The highest BCUT2D eigenvalue weighted by Gasteiger charge is 2.24. The number of aromatic nitrogens is 1. The number of aromatic amines is 1. The van der Waals surface area contributed by atoms with Crippen LogP contribution in [0.15, 0.2) is 24.3 Å². The molecule has 23 heavy (non-hydrogen) atoms. The Balaban J connectivity index is 1.73. The van der Waals surface area contributed by atoms with E-state index in [2.05, 4.69) is 22.5 Å². The fourth-order valence-corrected chi connectivity index (χ4v) is 3.23. The molecule has 0 saturated heterocycles. The molecule has 0 radical (unpaired) electrons. The van der Waals surface area contributed by atoms with Crippen LogP contribution in [0.5, 0.6) is 0 Å². The van der Waals surface area contributed by atoms with Gasteiger partial charge in [0.1, 0.15) is 5.69 Å². The van der Waals surface area contributed by atoms with E-state index < -0.39 is 0 Å². The van der Waals surface area contributed by atoms with Crippen molar-refractivity contribution in [3.63, 3.8) is 0 Å². The van der Waals surface area contributed by atoms with Gasteiger partial charge in [-0.1, -0.05) is 6.92 Å². The van der Waals surface area contributed by atoms with Crippen LogP contribution >= 0.6 is 0 Å². The summed E-state index contributed by atoms with van der Waals surface area (Å²) in [4.78, 5) is 27.1. The zero-order valence-corrected chi connectivity index (χ0v) is 13.6. The first kappa shape index (κ1) is 15.6. The van der Waals surface area contributed by atoms with Crippen molar-refractivity contribution < 1.29 is 9.59 Å². The van der Waals surface area contributed by atoms with Crippen molar-refractivity contribution in [3.8, 4) is 0 Å². The molecule has 1 heterocycles. The van der Waals surface area contributed by atoms with Crippen LogP contribution in [0.2, 0.25) is 0 Å². The van der Waals surface area contributed by atoms with Crippen molar-refractivity contribution in [1.82, 2.24) is 10.3 Å². The van der Waals surface area contributed by atoms with Crippen LogP contribution < -0.4 is 10.6 Å². The van der Waals surface area contributed by atoms with Crippen LogP contribution in [0.4, 0.5) is 5.69 Å². The molecule has 1 aromatic heterocycles. The molecule has 5 heteroatoms. The summed E-state index contributed by atoms with van der Waals surface area (Å²) in [6.45, 7) is 2.25. The molecule has 3 N–H and O–H groups in total. The second kappa shape index (κ2) is 6.44. The number of amides is 2. The van der Waals surface area contributed by atoms with E-state index in [1.807, 2.05) is 18.2 Å². The SMILES string of the molecule is CNC(=O)c1cc2cc(NC(=O)C3CCC(C)CC3)ccc2[nH]1. The van der Waals surface area contributed by atoms with Crippen molar-refractivity contribution in [2.75, 3.05) is 12.4 Å². The predicted octanol–water partition coefficient (Wildman–Crippen LogP) is 3.29. The summed E-state index contributed by atoms with van der Waals surface area (Å²) in [5, 5.41) is 6.53. The van der Waals surface area contributed by atoms with Gasteiger partial charge >= 0.3 is 0 Å². The normalized spacial score (nSPS) is 21.1. The Morgan fingerprint density at radius 3 is 2.57 bits per heavy atom. The van der Waals surface area contributed by atoms with Gasteiger partial charge in [0.2, 0.25) is 5.91 Å². The molecule has 1 aliphatic rings. The maximum Gasteiger partial charge on any atom is 0.267 e. The molecule has 2 aromatic rings. The van der Waals surface area contributed by atoms with Gasteiger partial charge in [-0.2, -0.15) is 0 Å². The van der Waals surface area contributed by atoms with Crippen LogP contribution in [0, 0.1) is 11.8 Å². The van der Waals surface area contributed by atoms with Crippen molar-refractivity contribution in [2.24, 2.45) is 11.8 Å². The van der Waals surface area contributed by atoms with Gasteiger partial charge in [0, 0.05) is 29.6 Å². The third-order valence-electron chi connectivity index (χ3n) is 4.75. The molecule has 0 unspecified atom stereocenters. The number of benzene rings is 1. The van der Waals surface area contributed by atoms with Gasteiger partial charge in [0.25, 0.3) is 5.91 Å². The first-order chi connectivity index (χ1) is 11.1. The van der Waals surface area contributed by atoms with Crippen LogP contribution in [-0.4, -0.2) is 23.8 Å². The van der Waals surface area contributed by atoms with E-state index in [0.717, 1.165) is 48.2 Å². The summed E-state index contributed by atoms with van der Waals surface area (Å²) in [5.41, 5.74) is 2.18. The maximum atomic E-state index is 12.4. The van der Waals surface area contributed by atoms with Gasteiger partial charge < -0.3 is 15.6 Å². The summed E-state index contributed by atoms with van der Waals surface area (Å²) >= 11 is 0. The second-order valence-corrected chi connectivity index (χ2v) is 6.51. The summed E-state index contributed by atoms with van der Waals surface area (Å²) in [6.07, 6.45) is 4.20.